The number of carbonyl (C=O) groups is 1. The largest absolute Gasteiger partial charge is 0.497 e. The lowest BCUT2D eigenvalue weighted by Gasteiger charge is -2.09. The zero-order valence-electron chi connectivity index (χ0n) is 16.5. The molecular weight excluding hydrogens is 402 g/mol. The third-order valence-electron chi connectivity index (χ3n) is 4.49. The molecule has 152 valence electrons. The molecule has 0 saturated heterocycles. The summed E-state index contributed by atoms with van der Waals surface area (Å²) in [6, 6.07) is 16.7. The monoisotopic (exact) mass is 421 g/mol. The first-order chi connectivity index (χ1) is 14.5. The van der Waals surface area contributed by atoms with E-state index in [1.165, 1.54) is 11.3 Å². The molecule has 0 fully saturated rings. The van der Waals surface area contributed by atoms with Gasteiger partial charge >= 0.3 is 5.97 Å². The zero-order chi connectivity index (χ0) is 21.1. The molecule has 2 heterocycles. The Hall–Kier alpha value is -3.52. The molecule has 2 aromatic heterocycles. The molecule has 0 aliphatic rings. The van der Waals surface area contributed by atoms with Crippen LogP contribution in [0.1, 0.15) is 10.6 Å². The Labute approximate surface area is 176 Å². The lowest BCUT2D eigenvalue weighted by molar-refractivity contribution is -0.146. The molecule has 8 heteroatoms. The Morgan fingerprint density at radius 1 is 1.10 bits per heavy atom. The molecule has 0 bridgehead atoms. The summed E-state index contributed by atoms with van der Waals surface area (Å²) in [5, 5.41) is 5.22. The molecule has 7 nitrogen and oxygen atoms in total. The van der Waals surface area contributed by atoms with Gasteiger partial charge in [-0.15, -0.1) is 11.3 Å². The normalized spacial score (nSPS) is 10.9. The molecular formula is C22H19N3O4S. The fourth-order valence-corrected chi connectivity index (χ4v) is 3.93. The number of carbonyl (C=O) groups excluding carboxylic acids is 1. The Balaban J connectivity index is 1.66. The summed E-state index contributed by atoms with van der Waals surface area (Å²) in [7, 11) is 1.60. The van der Waals surface area contributed by atoms with Crippen molar-refractivity contribution in [1.82, 2.24) is 14.8 Å². The zero-order valence-corrected chi connectivity index (χ0v) is 17.3. The second-order valence-corrected chi connectivity index (χ2v) is 7.80. The predicted molar refractivity (Wildman–Crippen MR) is 115 cm³/mol. The fraction of sp³-hybridized carbons (Fsp3) is 0.182. The number of ether oxygens (including phenoxy) is 2. The molecule has 4 rings (SSSR count). The number of thiazole rings is 1. The van der Waals surface area contributed by atoms with Crippen LogP contribution in [-0.4, -0.2) is 27.8 Å². The quantitative estimate of drug-likeness (QED) is 0.443. The minimum Gasteiger partial charge on any atom is -0.497 e. The van der Waals surface area contributed by atoms with Crippen molar-refractivity contribution in [3.8, 4) is 17.0 Å². The van der Waals surface area contributed by atoms with Gasteiger partial charge in [0, 0.05) is 5.56 Å². The van der Waals surface area contributed by atoms with Crippen molar-refractivity contribution in [3.05, 3.63) is 75.5 Å². The number of hydrogen-bond acceptors (Lipinski definition) is 7. The maximum atomic E-state index is 12.9. The van der Waals surface area contributed by atoms with E-state index < -0.39 is 11.5 Å². The highest BCUT2D eigenvalue weighted by Gasteiger charge is 2.18. The number of hydrogen-bond donors (Lipinski definition) is 0. The van der Waals surface area contributed by atoms with Gasteiger partial charge in [0.25, 0.3) is 5.56 Å². The van der Waals surface area contributed by atoms with Gasteiger partial charge in [-0.25, -0.2) is 9.67 Å². The van der Waals surface area contributed by atoms with Gasteiger partial charge in [0.15, 0.2) is 5.52 Å². The van der Waals surface area contributed by atoms with E-state index in [0.29, 0.717) is 21.7 Å². The number of aromatic nitrogens is 3. The van der Waals surface area contributed by atoms with Crippen LogP contribution >= 0.6 is 11.3 Å². The summed E-state index contributed by atoms with van der Waals surface area (Å²) < 4.78 is 12.3. The van der Waals surface area contributed by atoms with Crippen LogP contribution in [0.25, 0.3) is 21.5 Å². The third-order valence-corrected chi connectivity index (χ3v) is 5.47. The number of aryl methyl sites for hydroxylation is 1. The first kappa shape index (κ1) is 19.8. The predicted octanol–water partition coefficient (Wildman–Crippen LogP) is 3.58. The second-order valence-electron chi connectivity index (χ2n) is 6.60. The third kappa shape index (κ3) is 4.08. The Morgan fingerprint density at radius 2 is 1.83 bits per heavy atom. The molecule has 30 heavy (non-hydrogen) atoms. The SMILES string of the molecule is COc1ccc(-c2nn(CC(=O)OCc3ccccc3)c(=O)c3nc(C)sc23)cc1. The number of rotatable bonds is 6. The van der Waals surface area contributed by atoms with Crippen LogP contribution < -0.4 is 10.3 Å². The van der Waals surface area contributed by atoms with Gasteiger partial charge in [0.05, 0.1) is 16.8 Å². The van der Waals surface area contributed by atoms with Crippen molar-refractivity contribution in [1.29, 1.82) is 0 Å². The molecule has 0 aliphatic carbocycles. The van der Waals surface area contributed by atoms with Crippen LogP contribution in [0.4, 0.5) is 0 Å². The van der Waals surface area contributed by atoms with Crippen LogP contribution in [0.5, 0.6) is 5.75 Å². The van der Waals surface area contributed by atoms with Crippen molar-refractivity contribution < 1.29 is 14.3 Å². The van der Waals surface area contributed by atoms with Gasteiger partial charge in [-0.2, -0.15) is 5.10 Å². The Bertz CT molecular complexity index is 1250. The molecule has 4 aromatic rings. The van der Waals surface area contributed by atoms with Crippen LogP contribution in [0.15, 0.2) is 59.4 Å². The highest BCUT2D eigenvalue weighted by Crippen LogP contribution is 2.30. The molecule has 0 atom stereocenters. The summed E-state index contributed by atoms with van der Waals surface area (Å²) >= 11 is 1.40. The number of methoxy groups -OCH3 is 1. The van der Waals surface area contributed by atoms with Crippen molar-refractivity contribution in [2.75, 3.05) is 7.11 Å². The van der Waals surface area contributed by atoms with Crippen molar-refractivity contribution in [2.24, 2.45) is 0 Å². The number of benzene rings is 2. The first-order valence-corrected chi connectivity index (χ1v) is 10.1. The Morgan fingerprint density at radius 3 is 2.53 bits per heavy atom. The van der Waals surface area contributed by atoms with Crippen LogP contribution in [0.2, 0.25) is 0 Å². The second kappa shape index (κ2) is 8.46. The summed E-state index contributed by atoms with van der Waals surface area (Å²) in [6.07, 6.45) is 0. The molecule has 0 spiro atoms. The van der Waals surface area contributed by atoms with E-state index in [-0.39, 0.29) is 13.2 Å². The molecule has 0 radical (unpaired) electrons. The minimum absolute atomic E-state index is 0.137. The summed E-state index contributed by atoms with van der Waals surface area (Å²) in [6.45, 7) is 1.68. The van der Waals surface area contributed by atoms with Crippen LogP contribution in [-0.2, 0) is 22.7 Å². The van der Waals surface area contributed by atoms with Gasteiger partial charge < -0.3 is 9.47 Å². The first-order valence-electron chi connectivity index (χ1n) is 9.27. The lowest BCUT2D eigenvalue weighted by Crippen LogP contribution is -2.28. The van der Waals surface area contributed by atoms with Gasteiger partial charge in [-0.3, -0.25) is 9.59 Å². The summed E-state index contributed by atoms with van der Waals surface area (Å²) in [5.74, 6) is 0.175. The van der Waals surface area contributed by atoms with E-state index in [0.717, 1.165) is 20.8 Å². The average molecular weight is 421 g/mol. The molecule has 0 N–H and O–H groups in total. The van der Waals surface area contributed by atoms with Gasteiger partial charge in [0.2, 0.25) is 0 Å². The van der Waals surface area contributed by atoms with Gasteiger partial charge in [-0.05, 0) is 36.8 Å². The van der Waals surface area contributed by atoms with Gasteiger partial charge in [0.1, 0.15) is 24.6 Å². The highest BCUT2D eigenvalue weighted by molar-refractivity contribution is 7.19. The fourth-order valence-electron chi connectivity index (χ4n) is 3.02. The van der Waals surface area contributed by atoms with Crippen molar-refractivity contribution in [2.45, 2.75) is 20.1 Å². The number of fused-ring (bicyclic) bond motifs is 1. The standard InChI is InChI=1S/C22H19N3O4S/c1-14-23-20-21(30-14)19(16-8-10-17(28-2)11-9-16)24-25(22(20)27)12-18(26)29-13-15-6-4-3-5-7-15/h3-11H,12-13H2,1-2H3. The van der Waals surface area contributed by atoms with Crippen molar-refractivity contribution >= 4 is 27.5 Å². The molecule has 0 aliphatic heterocycles. The van der Waals surface area contributed by atoms with E-state index in [2.05, 4.69) is 10.1 Å². The van der Waals surface area contributed by atoms with E-state index in [4.69, 9.17) is 9.47 Å². The minimum atomic E-state index is -0.541. The molecule has 0 unspecified atom stereocenters. The molecule has 0 amide bonds. The maximum Gasteiger partial charge on any atom is 0.328 e. The molecule has 2 aromatic carbocycles. The van der Waals surface area contributed by atoms with E-state index in [1.807, 2.05) is 61.5 Å². The lowest BCUT2D eigenvalue weighted by atomic mass is 10.1. The smallest absolute Gasteiger partial charge is 0.328 e. The topological polar surface area (TPSA) is 83.3 Å². The van der Waals surface area contributed by atoms with Crippen molar-refractivity contribution in [3.63, 3.8) is 0 Å². The van der Waals surface area contributed by atoms with Crippen LogP contribution in [0.3, 0.4) is 0 Å². The van der Waals surface area contributed by atoms with Gasteiger partial charge in [-0.1, -0.05) is 30.3 Å². The van der Waals surface area contributed by atoms with E-state index in [9.17, 15) is 9.59 Å². The van der Waals surface area contributed by atoms with E-state index >= 15 is 0 Å². The Kier molecular flexibility index (Phi) is 5.58. The average Bonchev–Trinajstić information content (AvgIpc) is 3.17. The maximum absolute atomic E-state index is 12.9. The summed E-state index contributed by atoms with van der Waals surface area (Å²) in [4.78, 5) is 29.6. The van der Waals surface area contributed by atoms with E-state index in [1.54, 1.807) is 7.11 Å². The number of nitrogens with zero attached hydrogens (tertiary/aromatic N) is 3. The number of esters is 1. The molecule has 0 saturated carbocycles. The van der Waals surface area contributed by atoms with Crippen LogP contribution in [0, 0.1) is 6.92 Å². The summed E-state index contributed by atoms with van der Waals surface area (Å²) in [5.41, 5.74) is 2.15. The highest BCUT2D eigenvalue weighted by atomic mass is 32.1.